The number of carbonyl (C=O) groups excluding carboxylic acids is 2. The molecule has 0 aliphatic heterocycles. The summed E-state index contributed by atoms with van der Waals surface area (Å²) < 4.78 is 28.8. The van der Waals surface area contributed by atoms with Gasteiger partial charge in [-0.25, -0.2) is 8.42 Å². The van der Waals surface area contributed by atoms with Crippen LogP contribution in [0.25, 0.3) is 0 Å². The molecule has 1 aromatic carbocycles. The van der Waals surface area contributed by atoms with E-state index in [1.54, 1.807) is 26.0 Å². The third-order valence-corrected chi connectivity index (χ3v) is 9.38. The zero-order valence-corrected chi connectivity index (χ0v) is 19.6. The molecule has 164 valence electrons. The Bertz CT molecular complexity index is 960. The summed E-state index contributed by atoms with van der Waals surface area (Å²) in [5.74, 6) is 0.355. The highest BCUT2D eigenvalue weighted by atomic mass is 79.9. The van der Waals surface area contributed by atoms with Crippen molar-refractivity contribution in [1.82, 2.24) is 10.0 Å². The van der Waals surface area contributed by atoms with E-state index in [1.165, 1.54) is 12.1 Å². The minimum Gasteiger partial charge on any atom is -0.369 e. The lowest BCUT2D eigenvalue weighted by Gasteiger charge is -2.59. The lowest BCUT2D eigenvalue weighted by Crippen LogP contribution is -2.65. The lowest BCUT2D eigenvalue weighted by molar-refractivity contribution is -0.148. The zero-order chi connectivity index (χ0) is 21.9. The van der Waals surface area contributed by atoms with Gasteiger partial charge in [0.05, 0.1) is 4.90 Å². The largest absolute Gasteiger partial charge is 0.369 e. The minimum absolute atomic E-state index is 0.0435. The lowest BCUT2D eigenvalue weighted by atomic mass is 9.47. The predicted octanol–water partition coefficient (Wildman–Crippen LogP) is 2.30. The molecule has 4 fully saturated rings. The van der Waals surface area contributed by atoms with Crippen molar-refractivity contribution in [2.45, 2.75) is 62.4 Å². The fourth-order valence-electron chi connectivity index (χ4n) is 5.95. The molecule has 0 heterocycles. The molecule has 4 saturated carbocycles. The molecule has 30 heavy (non-hydrogen) atoms. The maximum Gasteiger partial charge on any atom is 0.241 e. The van der Waals surface area contributed by atoms with Crippen LogP contribution in [-0.2, 0) is 19.6 Å². The molecule has 7 nitrogen and oxygen atoms in total. The van der Waals surface area contributed by atoms with Crippen LogP contribution in [0.15, 0.2) is 33.6 Å². The van der Waals surface area contributed by atoms with E-state index in [2.05, 4.69) is 26.0 Å². The Morgan fingerprint density at radius 2 is 1.67 bits per heavy atom. The third-order valence-electron chi connectivity index (χ3n) is 7.17. The standard InChI is InChI=1S/C21H28BrN3O4S/c1-20(2,25-30(28,29)16-5-3-15(22)4-6-16)19(27)24-17-13-7-12-8-14(17)11-21(9-12,10-13)18(23)26/h3-6,12-14,17,25H,7-11H2,1-2H3,(H2,23,26)(H,24,27). The van der Waals surface area contributed by atoms with Crippen LogP contribution in [0.2, 0.25) is 0 Å². The van der Waals surface area contributed by atoms with E-state index in [1.807, 2.05) is 0 Å². The van der Waals surface area contributed by atoms with Crippen molar-refractivity contribution in [2.24, 2.45) is 28.9 Å². The summed E-state index contributed by atoms with van der Waals surface area (Å²) in [5.41, 5.74) is 4.00. The van der Waals surface area contributed by atoms with Crippen molar-refractivity contribution in [1.29, 1.82) is 0 Å². The molecule has 0 spiro atoms. The number of hydrogen-bond donors (Lipinski definition) is 3. The van der Waals surface area contributed by atoms with Crippen molar-refractivity contribution in [3.05, 3.63) is 28.7 Å². The molecule has 2 atom stereocenters. The van der Waals surface area contributed by atoms with Gasteiger partial charge in [-0.3, -0.25) is 9.59 Å². The highest BCUT2D eigenvalue weighted by molar-refractivity contribution is 9.10. The number of halogens is 1. The number of carbonyl (C=O) groups is 2. The van der Waals surface area contributed by atoms with Crippen molar-refractivity contribution in [3.63, 3.8) is 0 Å². The average molecular weight is 498 g/mol. The summed E-state index contributed by atoms with van der Waals surface area (Å²) in [6, 6.07) is 6.22. The van der Waals surface area contributed by atoms with E-state index < -0.39 is 21.0 Å². The first-order valence-electron chi connectivity index (χ1n) is 10.3. The van der Waals surface area contributed by atoms with Crippen LogP contribution < -0.4 is 15.8 Å². The first kappa shape index (κ1) is 21.8. The molecule has 2 unspecified atom stereocenters. The van der Waals surface area contributed by atoms with E-state index in [0.29, 0.717) is 18.8 Å². The minimum atomic E-state index is -3.85. The van der Waals surface area contributed by atoms with Gasteiger partial charge in [0.2, 0.25) is 21.8 Å². The second kappa shape index (κ2) is 7.31. The normalized spacial score (nSPS) is 32.8. The summed E-state index contributed by atoms with van der Waals surface area (Å²) in [7, 11) is -3.85. The van der Waals surface area contributed by atoms with E-state index in [0.717, 1.165) is 23.7 Å². The molecule has 0 radical (unpaired) electrons. The molecule has 4 aliphatic carbocycles. The van der Waals surface area contributed by atoms with Gasteiger partial charge in [0.25, 0.3) is 0 Å². The van der Waals surface area contributed by atoms with Gasteiger partial charge in [0, 0.05) is 15.9 Å². The first-order chi connectivity index (χ1) is 13.9. The number of nitrogens with one attached hydrogen (secondary N) is 2. The fraction of sp³-hybridized carbons (Fsp3) is 0.619. The summed E-state index contributed by atoms with van der Waals surface area (Å²) in [6.45, 7) is 3.14. The molecule has 9 heteroatoms. The maximum absolute atomic E-state index is 13.1. The number of amides is 2. The van der Waals surface area contributed by atoms with Gasteiger partial charge < -0.3 is 11.1 Å². The summed E-state index contributed by atoms with van der Waals surface area (Å²) >= 11 is 3.29. The van der Waals surface area contributed by atoms with E-state index in [-0.39, 0.29) is 34.6 Å². The highest BCUT2D eigenvalue weighted by Gasteiger charge is 2.58. The smallest absolute Gasteiger partial charge is 0.241 e. The van der Waals surface area contributed by atoms with Crippen LogP contribution >= 0.6 is 15.9 Å². The molecule has 4 bridgehead atoms. The molecule has 1 aromatic rings. The van der Waals surface area contributed by atoms with Crippen LogP contribution in [0.4, 0.5) is 0 Å². The topological polar surface area (TPSA) is 118 Å². The Hall–Kier alpha value is -1.45. The number of hydrogen-bond acceptors (Lipinski definition) is 4. The van der Waals surface area contributed by atoms with Gasteiger partial charge in [-0.2, -0.15) is 4.72 Å². The Kier molecular flexibility index (Phi) is 5.30. The SMILES string of the molecule is CC(C)(NS(=O)(=O)c1ccc(Br)cc1)C(=O)NC1C2CC3CC1CC(C(N)=O)(C3)C2. The highest BCUT2D eigenvalue weighted by Crippen LogP contribution is 2.59. The van der Waals surface area contributed by atoms with Gasteiger partial charge in [0.15, 0.2) is 0 Å². The van der Waals surface area contributed by atoms with Crippen LogP contribution in [0.1, 0.15) is 46.0 Å². The van der Waals surface area contributed by atoms with Crippen LogP contribution in [-0.4, -0.2) is 31.8 Å². The number of sulfonamides is 1. The molecule has 0 saturated heterocycles. The molecular weight excluding hydrogens is 470 g/mol. The number of nitrogens with two attached hydrogens (primary N) is 1. The Balaban J connectivity index is 1.47. The second-order valence-corrected chi connectivity index (χ2v) is 12.4. The number of primary amides is 1. The van der Waals surface area contributed by atoms with Crippen LogP contribution in [0.5, 0.6) is 0 Å². The van der Waals surface area contributed by atoms with Gasteiger partial charge in [-0.05, 0) is 88.0 Å². The van der Waals surface area contributed by atoms with Gasteiger partial charge >= 0.3 is 0 Å². The predicted molar refractivity (Wildman–Crippen MR) is 116 cm³/mol. The Morgan fingerprint density at radius 3 is 2.20 bits per heavy atom. The fourth-order valence-corrected chi connectivity index (χ4v) is 7.59. The molecule has 2 amide bonds. The van der Waals surface area contributed by atoms with E-state index >= 15 is 0 Å². The summed E-state index contributed by atoms with van der Waals surface area (Å²) in [6.07, 6.45) is 4.27. The van der Waals surface area contributed by atoms with Crippen LogP contribution in [0.3, 0.4) is 0 Å². The second-order valence-electron chi connectivity index (χ2n) is 9.80. The Labute approximate surface area is 185 Å². The number of rotatable bonds is 6. The molecule has 4 N–H and O–H groups in total. The summed E-state index contributed by atoms with van der Waals surface area (Å²) in [5, 5.41) is 3.12. The molecule has 0 aromatic heterocycles. The number of benzene rings is 1. The molecule has 5 rings (SSSR count). The van der Waals surface area contributed by atoms with Crippen molar-refractivity contribution in [3.8, 4) is 0 Å². The van der Waals surface area contributed by atoms with Gasteiger partial charge in [-0.15, -0.1) is 0 Å². The van der Waals surface area contributed by atoms with Crippen molar-refractivity contribution < 1.29 is 18.0 Å². The van der Waals surface area contributed by atoms with E-state index in [9.17, 15) is 18.0 Å². The van der Waals surface area contributed by atoms with Gasteiger partial charge in [0.1, 0.15) is 5.54 Å². The van der Waals surface area contributed by atoms with E-state index in [4.69, 9.17) is 5.73 Å². The Morgan fingerprint density at radius 1 is 1.10 bits per heavy atom. The molecule has 4 aliphatic rings. The zero-order valence-electron chi connectivity index (χ0n) is 17.2. The summed E-state index contributed by atoms with van der Waals surface area (Å²) in [4.78, 5) is 25.3. The quantitative estimate of drug-likeness (QED) is 0.558. The van der Waals surface area contributed by atoms with Crippen molar-refractivity contribution >= 4 is 37.8 Å². The monoisotopic (exact) mass is 497 g/mol. The third kappa shape index (κ3) is 3.80. The molecular formula is C21H28BrN3O4S. The average Bonchev–Trinajstić information content (AvgIpc) is 2.63. The first-order valence-corrected chi connectivity index (χ1v) is 12.6. The van der Waals surface area contributed by atoms with Crippen molar-refractivity contribution in [2.75, 3.05) is 0 Å². The van der Waals surface area contributed by atoms with Gasteiger partial charge in [-0.1, -0.05) is 15.9 Å². The maximum atomic E-state index is 13.1. The van der Waals surface area contributed by atoms with Crippen LogP contribution in [0, 0.1) is 23.2 Å².